The van der Waals surface area contributed by atoms with E-state index in [2.05, 4.69) is 65.8 Å². The van der Waals surface area contributed by atoms with Crippen molar-refractivity contribution < 1.29 is 10.2 Å². The van der Waals surface area contributed by atoms with E-state index in [-0.39, 0.29) is 10.8 Å². The topological polar surface area (TPSA) is 40.5 Å². The van der Waals surface area contributed by atoms with Crippen molar-refractivity contribution in [2.24, 2.45) is 10.8 Å². The van der Waals surface area contributed by atoms with Crippen LogP contribution in [0.4, 0.5) is 0 Å². The molecule has 31 heavy (non-hydrogen) atoms. The van der Waals surface area contributed by atoms with Gasteiger partial charge >= 0.3 is 0 Å². The SMILES string of the molecule is CCCCCC(C)(C)C1=CC[C@](O)(S[C@]2(O)C=CC(C(C)(C)CCCCC)=CC2)C=C1. The van der Waals surface area contributed by atoms with Crippen LogP contribution in [0.25, 0.3) is 0 Å². The summed E-state index contributed by atoms with van der Waals surface area (Å²) in [4.78, 5) is -2.13. The highest BCUT2D eigenvalue weighted by atomic mass is 32.2. The van der Waals surface area contributed by atoms with Gasteiger partial charge in [0.05, 0.1) is 0 Å². The Balaban J connectivity index is 1.97. The second kappa shape index (κ2) is 10.9. The van der Waals surface area contributed by atoms with E-state index in [0.29, 0.717) is 12.8 Å². The first kappa shape index (κ1) is 26.5. The van der Waals surface area contributed by atoms with Crippen LogP contribution < -0.4 is 0 Å². The van der Waals surface area contributed by atoms with E-state index in [1.807, 2.05) is 12.2 Å². The van der Waals surface area contributed by atoms with E-state index in [0.717, 1.165) is 12.8 Å². The summed E-state index contributed by atoms with van der Waals surface area (Å²) in [7, 11) is 0. The van der Waals surface area contributed by atoms with Crippen molar-refractivity contribution in [2.45, 2.75) is 116 Å². The van der Waals surface area contributed by atoms with Gasteiger partial charge < -0.3 is 10.2 Å². The van der Waals surface area contributed by atoms with E-state index in [9.17, 15) is 10.2 Å². The van der Waals surface area contributed by atoms with Crippen LogP contribution in [0.1, 0.15) is 106 Å². The lowest BCUT2D eigenvalue weighted by Crippen LogP contribution is -2.35. The van der Waals surface area contributed by atoms with Crippen molar-refractivity contribution in [3.05, 3.63) is 47.6 Å². The van der Waals surface area contributed by atoms with E-state index < -0.39 is 9.87 Å². The molecule has 0 spiro atoms. The lowest BCUT2D eigenvalue weighted by atomic mass is 9.77. The molecule has 2 nitrogen and oxygen atoms in total. The summed E-state index contributed by atoms with van der Waals surface area (Å²) < 4.78 is 0. The van der Waals surface area contributed by atoms with Crippen molar-refractivity contribution in [3.63, 3.8) is 0 Å². The summed E-state index contributed by atoms with van der Waals surface area (Å²) in [5, 5.41) is 22.3. The largest absolute Gasteiger partial charge is 0.375 e. The quantitative estimate of drug-likeness (QED) is 0.235. The number of rotatable bonds is 12. The molecule has 0 saturated heterocycles. The molecule has 2 aliphatic rings. The summed E-state index contributed by atoms with van der Waals surface area (Å²) in [5.41, 5.74) is 2.85. The zero-order chi connectivity index (χ0) is 23.2. The first-order valence-corrected chi connectivity index (χ1v) is 13.2. The lowest BCUT2D eigenvalue weighted by molar-refractivity contribution is 0.155. The number of thioether (sulfide) groups is 1. The molecule has 0 saturated carbocycles. The van der Waals surface area contributed by atoms with Gasteiger partial charge in [-0.15, -0.1) is 0 Å². The van der Waals surface area contributed by atoms with Crippen molar-refractivity contribution in [1.82, 2.24) is 0 Å². The first-order chi connectivity index (χ1) is 14.5. The van der Waals surface area contributed by atoms with Crippen LogP contribution >= 0.6 is 11.8 Å². The van der Waals surface area contributed by atoms with E-state index in [4.69, 9.17) is 0 Å². The smallest absolute Gasteiger partial charge is 0.135 e. The molecule has 0 aromatic carbocycles. The van der Waals surface area contributed by atoms with Gasteiger partial charge in [0.1, 0.15) is 9.87 Å². The highest BCUT2D eigenvalue weighted by Crippen LogP contribution is 2.47. The molecule has 2 rings (SSSR count). The molecule has 2 atom stereocenters. The van der Waals surface area contributed by atoms with Gasteiger partial charge in [-0.2, -0.15) is 0 Å². The van der Waals surface area contributed by atoms with Gasteiger partial charge in [0, 0.05) is 12.8 Å². The van der Waals surface area contributed by atoms with Gasteiger partial charge in [-0.1, -0.05) is 116 Å². The number of aliphatic hydroxyl groups is 2. The standard InChI is InChI=1S/C28H46O2S/c1-7-9-11-17-25(3,4)23-13-19-27(29,20-14-23)31-28(30)21-15-24(16-22-28)26(5,6)18-12-10-8-2/h13-16,19,21,29-30H,7-12,17-18,20,22H2,1-6H3/t27-,28-/m1/s1. The van der Waals surface area contributed by atoms with Crippen LogP contribution in [0.3, 0.4) is 0 Å². The van der Waals surface area contributed by atoms with Crippen molar-refractivity contribution in [2.75, 3.05) is 0 Å². The summed E-state index contributed by atoms with van der Waals surface area (Å²) in [5.74, 6) is 0. The third-order valence-electron chi connectivity index (χ3n) is 7.00. The van der Waals surface area contributed by atoms with E-state index in [1.165, 1.54) is 61.4 Å². The predicted molar refractivity (Wildman–Crippen MR) is 137 cm³/mol. The summed E-state index contributed by atoms with van der Waals surface area (Å²) in [6, 6.07) is 0. The Bertz CT molecular complexity index is 653. The Hall–Kier alpha value is -0.770. The number of hydrogen-bond acceptors (Lipinski definition) is 3. The molecule has 0 heterocycles. The molecule has 0 bridgehead atoms. The van der Waals surface area contributed by atoms with Crippen molar-refractivity contribution in [3.8, 4) is 0 Å². The Morgan fingerprint density at radius 1 is 0.742 bits per heavy atom. The van der Waals surface area contributed by atoms with Crippen molar-refractivity contribution in [1.29, 1.82) is 0 Å². The van der Waals surface area contributed by atoms with Gasteiger partial charge in [0.25, 0.3) is 0 Å². The van der Waals surface area contributed by atoms with Gasteiger partial charge in [0.15, 0.2) is 0 Å². The maximum atomic E-state index is 11.2. The van der Waals surface area contributed by atoms with Crippen LogP contribution in [-0.2, 0) is 0 Å². The average Bonchev–Trinajstić information content (AvgIpc) is 2.68. The van der Waals surface area contributed by atoms with Gasteiger partial charge in [-0.05, 0) is 47.0 Å². The fourth-order valence-corrected chi connectivity index (χ4v) is 5.83. The Morgan fingerprint density at radius 3 is 1.42 bits per heavy atom. The predicted octanol–water partition coefficient (Wildman–Crippen LogP) is 8.08. The highest BCUT2D eigenvalue weighted by Gasteiger charge is 2.39. The molecule has 3 heteroatoms. The van der Waals surface area contributed by atoms with Gasteiger partial charge in [-0.3, -0.25) is 0 Å². The fourth-order valence-electron chi connectivity index (χ4n) is 4.61. The minimum absolute atomic E-state index is 0.125. The molecule has 0 radical (unpaired) electrons. The van der Waals surface area contributed by atoms with Gasteiger partial charge in [0.2, 0.25) is 0 Å². The van der Waals surface area contributed by atoms with Gasteiger partial charge in [-0.25, -0.2) is 0 Å². The van der Waals surface area contributed by atoms with Crippen LogP contribution in [0.2, 0.25) is 0 Å². The fraction of sp³-hybridized carbons (Fsp3) is 0.714. The zero-order valence-electron chi connectivity index (χ0n) is 20.8. The second-order valence-corrected chi connectivity index (χ2v) is 12.5. The van der Waals surface area contributed by atoms with Crippen LogP contribution in [0.15, 0.2) is 47.6 Å². The molecular formula is C28H46O2S. The summed E-state index contributed by atoms with van der Waals surface area (Å²) in [6.07, 6.45) is 23.2. The molecule has 0 aromatic heterocycles. The van der Waals surface area contributed by atoms with Crippen molar-refractivity contribution >= 4 is 11.8 Å². The normalized spacial score (nSPS) is 26.7. The molecule has 0 aromatic rings. The molecule has 0 fully saturated rings. The van der Waals surface area contributed by atoms with E-state index >= 15 is 0 Å². The third kappa shape index (κ3) is 7.65. The second-order valence-electron chi connectivity index (χ2n) is 10.9. The number of hydrogen-bond donors (Lipinski definition) is 2. The van der Waals surface area contributed by atoms with Crippen LogP contribution in [0, 0.1) is 10.8 Å². The Labute approximate surface area is 196 Å². The van der Waals surface area contributed by atoms with E-state index in [1.54, 1.807) is 0 Å². The number of unbranched alkanes of at least 4 members (excludes halogenated alkanes) is 4. The third-order valence-corrected chi connectivity index (χ3v) is 8.32. The van der Waals surface area contributed by atoms with Crippen LogP contribution in [0.5, 0.6) is 0 Å². The Morgan fingerprint density at radius 2 is 1.13 bits per heavy atom. The monoisotopic (exact) mass is 446 g/mol. The van der Waals surface area contributed by atoms with Crippen LogP contribution in [-0.4, -0.2) is 20.1 Å². The molecule has 176 valence electrons. The Kier molecular flexibility index (Phi) is 9.31. The molecule has 0 amide bonds. The molecule has 2 aliphatic carbocycles. The average molecular weight is 447 g/mol. The summed E-state index contributed by atoms with van der Waals surface area (Å²) >= 11 is 1.26. The molecular weight excluding hydrogens is 400 g/mol. The maximum absolute atomic E-state index is 11.2. The highest BCUT2D eigenvalue weighted by molar-refractivity contribution is 8.01. The maximum Gasteiger partial charge on any atom is 0.135 e. The number of allylic oxidation sites excluding steroid dienone is 4. The minimum atomic E-state index is -1.07. The minimum Gasteiger partial charge on any atom is -0.375 e. The lowest BCUT2D eigenvalue weighted by Gasteiger charge is -2.38. The molecule has 2 N–H and O–H groups in total. The summed E-state index contributed by atoms with van der Waals surface area (Å²) in [6.45, 7) is 13.6. The zero-order valence-corrected chi connectivity index (χ0v) is 21.7. The first-order valence-electron chi connectivity index (χ1n) is 12.4. The molecule has 0 aliphatic heterocycles. The molecule has 0 unspecified atom stereocenters.